The van der Waals surface area contributed by atoms with E-state index in [0.717, 1.165) is 27.5 Å². The van der Waals surface area contributed by atoms with Crippen LogP contribution in [0.5, 0.6) is 5.75 Å². The first-order chi connectivity index (χ1) is 13.6. The maximum Gasteiger partial charge on any atom is 0.220 e. The summed E-state index contributed by atoms with van der Waals surface area (Å²) in [5.74, 6) is 0.753. The van der Waals surface area contributed by atoms with Crippen LogP contribution < -0.4 is 10.1 Å². The number of hydrogen-bond donors (Lipinski definition) is 1. The molecule has 0 spiro atoms. The second-order valence-electron chi connectivity index (χ2n) is 6.55. The number of halogens is 1. The normalized spacial score (nSPS) is 11.6. The van der Waals surface area contributed by atoms with Crippen LogP contribution in [0.15, 0.2) is 73.1 Å². The van der Waals surface area contributed by atoms with Crippen LogP contribution in [0.2, 0.25) is 5.02 Å². The largest absolute Gasteiger partial charge is 0.494 e. The quantitative estimate of drug-likeness (QED) is 0.540. The van der Waals surface area contributed by atoms with Gasteiger partial charge in [0.15, 0.2) is 0 Å². The van der Waals surface area contributed by atoms with Crippen molar-refractivity contribution in [2.75, 3.05) is 6.61 Å². The first-order valence-electron chi connectivity index (χ1n) is 9.26. The predicted molar refractivity (Wildman–Crippen MR) is 112 cm³/mol. The number of aromatic nitrogens is 1. The minimum Gasteiger partial charge on any atom is -0.494 e. The molecule has 0 aliphatic carbocycles. The molecule has 3 aromatic rings. The number of benzene rings is 2. The summed E-state index contributed by atoms with van der Waals surface area (Å²) in [5.41, 5.74) is 3.01. The van der Waals surface area contributed by atoms with Gasteiger partial charge < -0.3 is 10.1 Å². The molecule has 0 aliphatic rings. The van der Waals surface area contributed by atoms with Crippen LogP contribution in [0, 0.1) is 6.92 Å². The van der Waals surface area contributed by atoms with Gasteiger partial charge in [0.2, 0.25) is 5.91 Å². The number of carbonyl (C=O) groups excluding carboxylic acids is 1. The number of ether oxygens (including phenoxy) is 1. The van der Waals surface area contributed by atoms with Crippen molar-refractivity contribution in [3.63, 3.8) is 0 Å². The zero-order valence-corrected chi connectivity index (χ0v) is 16.5. The van der Waals surface area contributed by atoms with E-state index in [-0.39, 0.29) is 11.9 Å². The highest BCUT2D eigenvalue weighted by molar-refractivity contribution is 6.31. The lowest BCUT2D eigenvalue weighted by Gasteiger charge is -2.19. The molecule has 1 amide bonds. The molecule has 0 radical (unpaired) electrons. The van der Waals surface area contributed by atoms with Crippen molar-refractivity contribution in [3.05, 3.63) is 94.8 Å². The molecule has 28 heavy (non-hydrogen) atoms. The monoisotopic (exact) mass is 394 g/mol. The van der Waals surface area contributed by atoms with Crippen molar-refractivity contribution in [1.82, 2.24) is 10.3 Å². The highest BCUT2D eigenvalue weighted by atomic mass is 35.5. The third-order valence-corrected chi connectivity index (χ3v) is 4.85. The molecule has 1 unspecified atom stereocenters. The molecule has 144 valence electrons. The van der Waals surface area contributed by atoms with Gasteiger partial charge in [-0.3, -0.25) is 9.78 Å². The Hall–Kier alpha value is -2.85. The molecular formula is C23H23ClN2O2. The van der Waals surface area contributed by atoms with Gasteiger partial charge >= 0.3 is 0 Å². The Morgan fingerprint density at radius 3 is 2.50 bits per heavy atom. The first kappa shape index (κ1) is 19.9. The number of amides is 1. The van der Waals surface area contributed by atoms with Crippen LogP contribution in [-0.2, 0) is 4.79 Å². The number of pyridine rings is 1. The average molecular weight is 395 g/mol. The summed E-state index contributed by atoms with van der Waals surface area (Å²) in [5, 5.41) is 3.84. The number of hydrogen-bond acceptors (Lipinski definition) is 3. The lowest BCUT2D eigenvalue weighted by Crippen LogP contribution is -2.29. The Labute approximate surface area is 170 Å². The Bertz CT molecular complexity index is 861. The molecule has 0 fully saturated rings. The molecule has 0 saturated heterocycles. The van der Waals surface area contributed by atoms with Crippen molar-refractivity contribution < 1.29 is 9.53 Å². The topological polar surface area (TPSA) is 51.2 Å². The van der Waals surface area contributed by atoms with Crippen molar-refractivity contribution in [2.45, 2.75) is 25.8 Å². The SMILES string of the molecule is Cc1cc(OCCCC(=O)NC(c2ccccc2)c2ccncc2)ccc1Cl. The highest BCUT2D eigenvalue weighted by Gasteiger charge is 2.16. The molecule has 1 heterocycles. The van der Waals surface area contributed by atoms with Gasteiger partial charge in [0, 0.05) is 23.8 Å². The zero-order chi connectivity index (χ0) is 19.8. The highest BCUT2D eigenvalue weighted by Crippen LogP contribution is 2.22. The third kappa shape index (κ3) is 5.57. The van der Waals surface area contributed by atoms with Crippen molar-refractivity contribution in [3.8, 4) is 5.75 Å². The average Bonchev–Trinajstić information content (AvgIpc) is 2.73. The standard InChI is InChI=1S/C23H23ClN2O2/c1-17-16-20(9-10-21(17)24)28-15-5-8-22(27)26-23(18-6-3-2-4-7-18)19-11-13-25-14-12-19/h2-4,6-7,9-14,16,23H,5,8,15H2,1H3,(H,26,27). The van der Waals surface area contributed by atoms with Crippen molar-refractivity contribution >= 4 is 17.5 Å². The van der Waals surface area contributed by atoms with Gasteiger partial charge in [0.05, 0.1) is 12.6 Å². The van der Waals surface area contributed by atoms with Gasteiger partial charge in [-0.2, -0.15) is 0 Å². The summed E-state index contributed by atoms with van der Waals surface area (Å²) < 4.78 is 5.72. The first-order valence-corrected chi connectivity index (χ1v) is 9.64. The molecular weight excluding hydrogens is 372 g/mol. The fourth-order valence-corrected chi connectivity index (χ4v) is 3.04. The molecule has 0 aliphatic heterocycles. The Kier molecular flexibility index (Phi) is 7.04. The Balaban J connectivity index is 1.54. The number of nitrogens with zero attached hydrogens (tertiary/aromatic N) is 1. The minimum atomic E-state index is -0.198. The van der Waals surface area contributed by atoms with Gasteiger partial charge in [-0.05, 0) is 60.4 Å². The van der Waals surface area contributed by atoms with E-state index in [0.29, 0.717) is 19.4 Å². The van der Waals surface area contributed by atoms with Gasteiger partial charge in [0.1, 0.15) is 5.75 Å². The summed E-state index contributed by atoms with van der Waals surface area (Å²) in [6.07, 6.45) is 4.49. The lowest BCUT2D eigenvalue weighted by atomic mass is 9.99. The second kappa shape index (κ2) is 9.90. The van der Waals surface area contributed by atoms with E-state index in [1.165, 1.54) is 0 Å². The summed E-state index contributed by atoms with van der Waals surface area (Å²) in [6.45, 7) is 2.41. The van der Waals surface area contributed by atoms with E-state index in [1.54, 1.807) is 12.4 Å². The van der Waals surface area contributed by atoms with E-state index in [2.05, 4.69) is 10.3 Å². The van der Waals surface area contributed by atoms with Crippen LogP contribution in [-0.4, -0.2) is 17.5 Å². The fourth-order valence-electron chi connectivity index (χ4n) is 2.92. The molecule has 0 bridgehead atoms. The molecule has 0 saturated carbocycles. The molecule has 2 aromatic carbocycles. The molecule has 4 nitrogen and oxygen atoms in total. The van der Waals surface area contributed by atoms with E-state index in [1.807, 2.05) is 67.6 Å². The third-order valence-electron chi connectivity index (χ3n) is 4.42. The smallest absolute Gasteiger partial charge is 0.220 e. The van der Waals surface area contributed by atoms with E-state index in [9.17, 15) is 4.79 Å². The van der Waals surface area contributed by atoms with Crippen LogP contribution >= 0.6 is 11.6 Å². The van der Waals surface area contributed by atoms with Crippen molar-refractivity contribution in [1.29, 1.82) is 0 Å². The maximum absolute atomic E-state index is 12.5. The fraction of sp³-hybridized carbons (Fsp3) is 0.217. The number of aryl methyl sites for hydroxylation is 1. The minimum absolute atomic E-state index is 0.0125. The van der Waals surface area contributed by atoms with Crippen LogP contribution in [0.25, 0.3) is 0 Å². The van der Waals surface area contributed by atoms with Gasteiger partial charge in [-0.15, -0.1) is 0 Å². The maximum atomic E-state index is 12.5. The molecule has 1 N–H and O–H groups in total. The second-order valence-corrected chi connectivity index (χ2v) is 6.96. The Morgan fingerprint density at radius 1 is 1.07 bits per heavy atom. The van der Waals surface area contributed by atoms with Crippen LogP contribution in [0.3, 0.4) is 0 Å². The van der Waals surface area contributed by atoms with Crippen molar-refractivity contribution in [2.24, 2.45) is 0 Å². The van der Waals surface area contributed by atoms with Crippen LogP contribution in [0.1, 0.15) is 35.6 Å². The summed E-state index contributed by atoms with van der Waals surface area (Å²) in [6, 6.07) is 19.1. The molecule has 1 atom stereocenters. The summed E-state index contributed by atoms with van der Waals surface area (Å²) in [7, 11) is 0. The molecule has 3 rings (SSSR count). The van der Waals surface area contributed by atoms with Crippen LogP contribution in [0.4, 0.5) is 0 Å². The van der Waals surface area contributed by atoms with E-state index < -0.39 is 0 Å². The Morgan fingerprint density at radius 2 is 1.79 bits per heavy atom. The summed E-state index contributed by atoms with van der Waals surface area (Å²) >= 11 is 6.02. The molecule has 1 aromatic heterocycles. The molecule has 5 heteroatoms. The number of nitrogens with one attached hydrogen (secondary N) is 1. The van der Waals surface area contributed by atoms with Gasteiger partial charge in [-0.1, -0.05) is 41.9 Å². The van der Waals surface area contributed by atoms with Gasteiger partial charge in [-0.25, -0.2) is 0 Å². The predicted octanol–water partition coefficient (Wildman–Crippen LogP) is 5.11. The van der Waals surface area contributed by atoms with E-state index >= 15 is 0 Å². The summed E-state index contributed by atoms with van der Waals surface area (Å²) in [4.78, 5) is 16.6. The van der Waals surface area contributed by atoms with E-state index in [4.69, 9.17) is 16.3 Å². The van der Waals surface area contributed by atoms with Gasteiger partial charge in [0.25, 0.3) is 0 Å². The number of rotatable bonds is 8. The zero-order valence-electron chi connectivity index (χ0n) is 15.8. The lowest BCUT2D eigenvalue weighted by molar-refractivity contribution is -0.121. The number of carbonyl (C=O) groups is 1.